The maximum atomic E-state index is 14.4. The molecule has 2 fully saturated rings. The molecular weight excluding hydrogens is 679 g/mol. The fourth-order valence-corrected chi connectivity index (χ4v) is 7.95. The molecule has 4 atom stereocenters. The van der Waals surface area contributed by atoms with Crippen LogP contribution in [-0.4, -0.2) is 98.9 Å². The Kier molecular flexibility index (Phi) is 10.7. The molecule has 5 aromatic rings. The fourth-order valence-electron chi connectivity index (χ4n) is 6.99. The summed E-state index contributed by atoms with van der Waals surface area (Å²) < 4.78 is 0. The van der Waals surface area contributed by atoms with Gasteiger partial charge in [-0.05, 0) is 17.2 Å². The number of carbonyl (C=O) groups excluding carboxylic acids is 4. The zero-order chi connectivity index (χ0) is 36.0. The molecular formula is C39H41N7O5S. The molecule has 2 aromatic heterocycles. The van der Waals surface area contributed by atoms with Crippen LogP contribution in [0.25, 0.3) is 21.5 Å². The molecule has 2 aliphatic rings. The second-order valence-electron chi connectivity index (χ2n) is 13.3. The first kappa shape index (κ1) is 35.1. The topological polar surface area (TPSA) is 160 Å². The van der Waals surface area contributed by atoms with Crippen molar-refractivity contribution in [3.63, 3.8) is 0 Å². The number of aromatic amines is 1. The molecule has 0 unspecified atom stereocenters. The monoisotopic (exact) mass is 719 g/mol. The van der Waals surface area contributed by atoms with Crippen molar-refractivity contribution in [1.29, 1.82) is 0 Å². The number of nitrogens with one attached hydrogen (secondary N) is 4. The van der Waals surface area contributed by atoms with E-state index in [2.05, 4.69) is 25.9 Å². The minimum Gasteiger partial charge on any atom is -0.391 e. The Morgan fingerprint density at radius 2 is 1.60 bits per heavy atom. The van der Waals surface area contributed by atoms with Crippen molar-refractivity contribution < 1.29 is 24.3 Å². The first-order chi connectivity index (χ1) is 25.3. The number of aromatic nitrogens is 2. The highest BCUT2D eigenvalue weighted by molar-refractivity contribution is 7.15. The standard InChI is InChI=1S/C39H41N7O5S/c47-28-19-34-37(50)44-32(17-25-9-3-1-4-10-25)36(49)40-15-16-45(23-29-21-42-38(52-29)26-11-5-2-6-12-26)24-35(48)43-33(39(51)46(34)22-28)18-27-20-41-31-14-8-7-13-30(27)31/h1-14,20-21,28,32-34,41,47H,15-19,22-24H2,(H,40,49)(H,43,48)(H,44,50)/t28-,32+,33-,34+/m1/s1. The molecule has 52 heavy (non-hydrogen) atoms. The summed E-state index contributed by atoms with van der Waals surface area (Å²) in [5, 5.41) is 21.4. The van der Waals surface area contributed by atoms with Crippen LogP contribution >= 0.6 is 11.3 Å². The summed E-state index contributed by atoms with van der Waals surface area (Å²) in [5.41, 5.74) is 3.58. The first-order valence-corrected chi connectivity index (χ1v) is 18.3. The summed E-state index contributed by atoms with van der Waals surface area (Å²) in [6.45, 7) is 0.797. The van der Waals surface area contributed by atoms with Crippen LogP contribution in [0.4, 0.5) is 0 Å². The minimum absolute atomic E-state index is 0.0125. The average Bonchev–Trinajstić information content (AvgIpc) is 3.90. The van der Waals surface area contributed by atoms with Crippen LogP contribution in [0.3, 0.4) is 0 Å². The van der Waals surface area contributed by atoms with Gasteiger partial charge in [0.15, 0.2) is 0 Å². The Labute approximate surface area is 305 Å². The lowest BCUT2D eigenvalue weighted by Gasteiger charge is -2.30. The third kappa shape index (κ3) is 8.23. The maximum absolute atomic E-state index is 14.4. The molecule has 13 heteroatoms. The van der Waals surface area contributed by atoms with Gasteiger partial charge in [0.2, 0.25) is 23.6 Å². The molecule has 0 saturated carbocycles. The van der Waals surface area contributed by atoms with Crippen molar-refractivity contribution in [1.82, 2.24) is 35.7 Å². The summed E-state index contributed by atoms with van der Waals surface area (Å²) in [4.78, 5) is 67.9. The van der Waals surface area contributed by atoms with E-state index in [0.29, 0.717) is 13.1 Å². The lowest BCUT2D eigenvalue weighted by Crippen LogP contribution is -2.57. The van der Waals surface area contributed by atoms with E-state index in [1.807, 2.05) is 96.0 Å². The van der Waals surface area contributed by atoms with Gasteiger partial charge in [-0.25, -0.2) is 4.98 Å². The fraction of sp³-hybridized carbons (Fsp3) is 0.308. The van der Waals surface area contributed by atoms with Crippen molar-refractivity contribution in [2.75, 3.05) is 26.2 Å². The van der Waals surface area contributed by atoms with Crippen LogP contribution in [-0.2, 0) is 38.6 Å². The largest absolute Gasteiger partial charge is 0.391 e. The highest BCUT2D eigenvalue weighted by Gasteiger charge is 2.42. The molecule has 5 N–H and O–H groups in total. The zero-order valence-electron chi connectivity index (χ0n) is 28.5. The minimum atomic E-state index is -1.03. The lowest BCUT2D eigenvalue weighted by atomic mass is 10.0. The molecule has 0 bridgehead atoms. The molecule has 2 saturated heterocycles. The van der Waals surface area contributed by atoms with Crippen LogP contribution < -0.4 is 16.0 Å². The van der Waals surface area contributed by atoms with Crippen molar-refractivity contribution in [3.8, 4) is 10.6 Å². The van der Waals surface area contributed by atoms with Gasteiger partial charge in [0, 0.05) is 79.2 Å². The maximum Gasteiger partial charge on any atom is 0.246 e. The van der Waals surface area contributed by atoms with Gasteiger partial charge >= 0.3 is 0 Å². The number of hydrogen-bond acceptors (Lipinski definition) is 8. The second kappa shape index (κ2) is 15.9. The molecule has 4 amide bonds. The third-order valence-corrected chi connectivity index (χ3v) is 10.6. The van der Waals surface area contributed by atoms with Crippen LogP contribution in [0.15, 0.2) is 97.3 Å². The quantitative estimate of drug-likeness (QED) is 0.173. The predicted molar refractivity (Wildman–Crippen MR) is 198 cm³/mol. The third-order valence-electron chi connectivity index (χ3n) is 9.56. The van der Waals surface area contributed by atoms with E-state index in [-0.39, 0.29) is 50.7 Å². The number of rotatable bonds is 7. The molecule has 7 rings (SSSR count). The van der Waals surface area contributed by atoms with E-state index >= 15 is 0 Å². The lowest BCUT2D eigenvalue weighted by molar-refractivity contribution is -0.142. The van der Waals surface area contributed by atoms with Crippen LogP contribution in [0.1, 0.15) is 22.4 Å². The number of fused-ring (bicyclic) bond motifs is 2. The zero-order valence-corrected chi connectivity index (χ0v) is 29.4. The number of hydrogen-bond donors (Lipinski definition) is 5. The molecule has 12 nitrogen and oxygen atoms in total. The van der Waals surface area contributed by atoms with Gasteiger partial charge in [-0.2, -0.15) is 0 Å². The summed E-state index contributed by atoms with van der Waals surface area (Å²) in [7, 11) is 0. The molecule has 0 radical (unpaired) electrons. The van der Waals surface area contributed by atoms with Gasteiger partial charge in [0.05, 0.1) is 12.6 Å². The number of amides is 4. The Hall–Kier alpha value is -5.37. The van der Waals surface area contributed by atoms with E-state index in [1.54, 1.807) is 6.20 Å². The Morgan fingerprint density at radius 3 is 2.40 bits per heavy atom. The van der Waals surface area contributed by atoms with Crippen molar-refractivity contribution >= 4 is 45.9 Å². The SMILES string of the molecule is O=C1CN(Cc2cnc(-c3ccccc3)s2)CCNC(=O)[C@H](Cc2ccccc2)NC(=O)[C@@H]2C[C@@H](O)CN2C(=O)[C@@H](Cc2c[nH]c3ccccc23)N1. The highest BCUT2D eigenvalue weighted by Crippen LogP contribution is 2.26. The van der Waals surface area contributed by atoms with Gasteiger partial charge in [-0.3, -0.25) is 24.1 Å². The second-order valence-corrected chi connectivity index (χ2v) is 14.4. The van der Waals surface area contributed by atoms with Crippen molar-refractivity contribution in [2.24, 2.45) is 0 Å². The number of aliphatic hydroxyl groups excluding tert-OH is 1. The van der Waals surface area contributed by atoms with Gasteiger partial charge in [-0.15, -0.1) is 11.3 Å². The normalized spacial score (nSPS) is 22.3. The number of benzene rings is 3. The van der Waals surface area contributed by atoms with Gasteiger partial charge in [0.1, 0.15) is 23.1 Å². The van der Waals surface area contributed by atoms with Crippen molar-refractivity contribution in [3.05, 3.63) is 113 Å². The average molecular weight is 720 g/mol. The Morgan fingerprint density at radius 1 is 0.846 bits per heavy atom. The number of H-pyrrole nitrogens is 1. The molecule has 2 aliphatic heterocycles. The van der Waals surface area contributed by atoms with E-state index in [9.17, 15) is 24.3 Å². The molecule has 268 valence electrons. The summed E-state index contributed by atoms with van der Waals surface area (Å²) >= 11 is 1.53. The number of para-hydroxylation sites is 1. The Bertz CT molecular complexity index is 2030. The molecule has 0 spiro atoms. The van der Waals surface area contributed by atoms with E-state index in [1.165, 1.54) is 16.2 Å². The number of aliphatic hydroxyl groups is 1. The van der Waals surface area contributed by atoms with Gasteiger partial charge < -0.3 is 30.9 Å². The van der Waals surface area contributed by atoms with Crippen LogP contribution in [0.2, 0.25) is 0 Å². The van der Waals surface area contributed by atoms with Gasteiger partial charge in [-0.1, -0.05) is 78.9 Å². The van der Waals surface area contributed by atoms with E-state index < -0.39 is 36.0 Å². The molecule has 3 aromatic carbocycles. The first-order valence-electron chi connectivity index (χ1n) is 17.5. The summed E-state index contributed by atoms with van der Waals surface area (Å²) in [6, 6.07) is 24.0. The summed E-state index contributed by atoms with van der Waals surface area (Å²) in [6.07, 6.45) is 3.10. The number of carbonyl (C=O) groups is 4. The Balaban J connectivity index is 1.19. The number of nitrogens with zero attached hydrogens (tertiary/aromatic N) is 3. The molecule has 4 heterocycles. The predicted octanol–water partition coefficient (Wildman–Crippen LogP) is 2.64. The smallest absolute Gasteiger partial charge is 0.246 e. The van der Waals surface area contributed by atoms with Gasteiger partial charge in [0.25, 0.3) is 0 Å². The summed E-state index contributed by atoms with van der Waals surface area (Å²) in [5.74, 6) is -1.77. The van der Waals surface area contributed by atoms with Crippen molar-refractivity contribution in [2.45, 2.75) is 50.0 Å². The highest BCUT2D eigenvalue weighted by atomic mass is 32.1. The van der Waals surface area contributed by atoms with E-state index in [0.717, 1.165) is 37.5 Å². The number of thiazole rings is 1. The van der Waals surface area contributed by atoms with Crippen LogP contribution in [0.5, 0.6) is 0 Å². The van der Waals surface area contributed by atoms with E-state index in [4.69, 9.17) is 0 Å². The van der Waals surface area contributed by atoms with Crippen LogP contribution in [0, 0.1) is 0 Å². The molecule has 0 aliphatic carbocycles.